The van der Waals surface area contributed by atoms with Gasteiger partial charge in [-0.3, -0.25) is 4.57 Å². The SMILES string of the molecule is C=Nc1c(/C(Br)=C\C)n(C)c(=O)n1C1CCCCO1. The predicted molar refractivity (Wildman–Crippen MR) is 80.3 cm³/mol. The summed E-state index contributed by atoms with van der Waals surface area (Å²) in [5.74, 6) is 0.560. The van der Waals surface area contributed by atoms with E-state index in [9.17, 15) is 4.79 Å². The van der Waals surface area contributed by atoms with E-state index < -0.39 is 0 Å². The van der Waals surface area contributed by atoms with Crippen LogP contribution in [0, 0.1) is 0 Å². The molecule has 0 aliphatic carbocycles. The summed E-state index contributed by atoms with van der Waals surface area (Å²) < 4.78 is 9.70. The molecule has 1 atom stereocenters. The largest absolute Gasteiger partial charge is 0.358 e. The van der Waals surface area contributed by atoms with E-state index in [-0.39, 0.29) is 11.9 Å². The molecule has 104 valence electrons. The van der Waals surface area contributed by atoms with Crippen molar-refractivity contribution in [2.24, 2.45) is 12.0 Å². The third-order valence-electron chi connectivity index (χ3n) is 3.34. The minimum absolute atomic E-state index is 0.122. The van der Waals surface area contributed by atoms with E-state index >= 15 is 0 Å². The maximum Gasteiger partial charge on any atom is 0.332 e. The lowest BCUT2D eigenvalue weighted by Crippen LogP contribution is -2.29. The second-order valence-electron chi connectivity index (χ2n) is 4.50. The maximum absolute atomic E-state index is 12.4. The minimum Gasteiger partial charge on any atom is -0.358 e. The molecular formula is C13H18BrN3O2. The number of aliphatic imine (C=N–C) groups is 1. The number of hydrogen-bond donors (Lipinski definition) is 0. The Kier molecular flexibility index (Phi) is 4.42. The topological polar surface area (TPSA) is 48.5 Å². The average molecular weight is 328 g/mol. The fourth-order valence-corrected chi connectivity index (χ4v) is 2.80. The fraction of sp³-hybridized carbons (Fsp3) is 0.538. The molecule has 0 amide bonds. The number of aromatic nitrogens is 2. The van der Waals surface area contributed by atoms with Gasteiger partial charge in [0.25, 0.3) is 0 Å². The number of nitrogens with zero attached hydrogens (tertiary/aromatic N) is 3. The summed E-state index contributed by atoms with van der Waals surface area (Å²) in [6, 6.07) is 0. The number of rotatable bonds is 3. The van der Waals surface area contributed by atoms with Crippen LogP contribution in [0.3, 0.4) is 0 Å². The highest BCUT2D eigenvalue weighted by Gasteiger charge is 2.26. The van der Waals surface area contributed by atoms with E-state index in [1.807, 2.05) is 13.0 Å². The van der Waals surface area contributed by atoms with Gasteiger partial charge in [-0.25, -0.2) is 14.4 Å². The Bertz CT molecular complexity index is 565. The predicted octanol–water partition coefficient (Wildman–Crippen LogP) is 2.97. The molecular weight excluding hydrogens is 310 g/mol. The second-order valence-corrected chi connectivity index (χ2v) is 5.35. The lowest BCUT2D eigenvalue weighted by Gasteiger charge is -2.23. The Morgan fingerprint density at radius 1 is 1.58 bits per heavy atom. The summed E-state index contributed by atoms with van der Waals surface area (Å²) in [4.78, 5) is 16.4. The number of hydrogen-bond acceptors (Lipinski definition) is 3. The van der Waals surface area contributed by atoms with Crippen molar-refractivity contribution in [1.29, 1.82) is 0 Å². The molecule has 2 rings (SSSR count). The molecule has 1 saturated heterocycles. The third-order valence-corrected chi connectivity index (χ3v) is 4.17. The summed E-state index contributed by atoms with van der Waals surface area (Å²) in [5.41, 5.74) is 0.611. The van der Waals surface area contributed by atoms with E-state index in [4.69, 9.17) is 4.74 Å². The van der Waals surface area contributed by atoms with E-state index in [0.717, 1.165) is 29.4 Å². The van der Waals surface area contributed by atoms with Gasteiger partial charge in [0.15, 0.2) is 5.82 Å². The quantitative estimate of drug-likeness (QED) is 0.801. The standard InChI is InChI=1S/C13H18BrN3O2/c1-4-9(14)11-12(15-2)17(13(18)16(11)3)10-7-5-6-8-19-10/h4,10H,2,5-8H2,1,3H3/b9-4+. The van der Waals surface area contributed by atoms with Crippen LogP contribution in [-0.2, 0) is 11.8 Å². The summed E-state index contributed by atoms with van der Waals surface area (Å²) in [5, 5.41) is 0. The van der Waals surface area contributed by atoms with Crippen LogP contribution in [0.1, 0.15) is 38.1 Å². The van der Waals surface area contributed by atoms with Crippen LogP contribution in [0.5, 0.6) is 0 Å². The molecule has 19 heavy (non-hydrogen) atoms. The first-order chi connectivity index (χ1) is 9.11. The Morgan fingerprint density at radius 2 is 2.32 bits per heavy atom. The zero-order valence-corrected chi connectivity index (χ0v) is 12.8. The van der Waals surface area contributed by atoms with Crippen LogP contribution >= 0.6 is 15.9 Å². The Balaban J connectivity index is 2.60. The number of imidazole rings is 1. The van der Waals surface area contributed by atoms with Crippen molar-refractivity contribution in [3.8, 4) is 0 Å². The highest BCUT2D eigenvalue weighted by Crippen LogP contribution is 2.33. The highest BCUT2D eigenvalue weighted by molar-refractivity contribution is 9.15. The van der Waals surface area contributed by atoms with Gasteiger partial charge in [0.2, 0.25) is 0 Å². The van der Waals surface area contributed by atoms with Gasteiger partial charge in [0.1, 0.15) is 11.9 Å². The second kappa shape index (κ2) is 5.88. The lowest BCUT2D eigenvalue weighted by atomic mass is 10.2. The van der Waals surface area contributed by atoms with Crippen molar-refractivity contribution < 1.29 is 4.74 Å². The Morgan fingerprint density at radius 3 is 2.84 bits per heavy atom. The molecule has 0 spiro atoms. The fourth-order valence-electron chi connectivity index (χ4n) is 2.35. The number of halogens is 1. The molecule has 1 unspecified atom stereocenters. The van der Waals surface area contributed by atoms with Crippen molar-refractivity contribution in [2.75, 3.05) is 6.61 Å². The third kappa shape index (κ3) is 2.47. The highest BCUT2D eigenvalue weighted by atomic mass is 79.9. The van der Waals surface area contributed by atoms with Crippen LogP contribution in [0.25, 0.3) is 4.48 Å². The smallest absolute Gasteiger partial charge is 0.332 e. The van der Waals surface area contributed by atoms with Crippen LogP contribution in [0.15, 0.2) is 15.9 Å². The molecule has 1 aromatic rings. The number of ether oxygens (including phenoxy) is 1. The molecule has 6 heteroatoms. The number of allylic oxidation sites excluding steroid dienone is 1. The van der Waals surface area contributed by atoms with Gasteiger partial charge < -0.3 is 4.74 Å². The normalized spacial score (nSPS) is 20.6. The zero-order chi connectivity index (χ0) is 14.0. The van der Waals surface area contributed by atoms with Crippen LogP contribution in [0.4, 0.5) is 5.82 Å². The molecule has 0 bridgehead atoms. The molecule has 5 nitrogen and oxygen atoms in total. The zero-order valence-electron chi connectivity index (χ0n) is 11.2. The maximum atomic E-state index is 12.4. The van der Waals surface area contributed by atoms with E-state index in [1.54, 1.807) is 16.2 Å². The van der Waals surface area contributed by atoms with Gasteiger partial charge >= 0.3 is 5.69 Å². The van der Waals surface area contributed by atoms with Crippen molar-refractivity contribution in [3.63, 3.8) is 0 Å². The molecule has 0 radical (unpaired) electrons. The molecule has 1 aliphatic heterocycles. The van der Waals surface area contributed by atoms with Crippen LogP contribution in [-0.4, -0.2) is 22.5 Å². The van der Waals surface area contributed by atoms with E-state index in [1.165, 1.54) is 0 Å². The molecule has 2 heterocycles. The molecule has 1 aromatic heterocycles. The molecule has 1 aliphatic rings. The molecule has 1 fully saturated rings. The van der Waals surface area contributed by atoms with E-state index in [0.29, 0.717) is 12.4 Å². The summed E-state index contributed by atoms with van der Waals surface area (Å²) in [6.07, 6.45) is 4.58. The first-order valence-electron chi connectivity index (χ1n) is 6.33. The van der Waals surface area contributed by atoms with Gasteiger partial charge in [-0.1, -0.05) is 6.08 Å². The first-order valence-corrected chi connectivity index (χ1v) is 7.12. The Hall–Kier alpha value is -1.14. The van der Waals surface area contributed by atoms with Gasteiger partial charge in [-0.15, -0.1) is 0 Å². The van der Waals surface area contributed by atoms with Crippen molar-refractivity contribution in [1.82, 2.24) is 9.13 Å². The van der Waals surface area contributed by atoms with Crippen molar-refractivity contribution >= 4 is 32.9 Å². The monoisotopic (exact) mass is 327 g/mol. The molecule has 0 N–H and O–H groups in total. The Labute approximate surface area is 120 Å². The first kappa shape index (κ1) is 14.3. The van der Waals surface area contributed by atoms with Gasteiger partial charge in [-0.05, 0) is 48.8 Å². The summed E-state index contributed by atoms with van der Waals surface area (Å²) in [6.45, 7) is 6.17. The van der Waals surface area contributed by atoms with Gasteiger partial charge in [0, 0.05) is 18.1 Å². The minimum atomic E-state index is -0.237. The van der Waals surface area contributed by atoms with Gasteiger partial charge in [0.05, 0.1) is 0 Å². The molecule has 0 saturated carbocycles. The van der Waals surface area contributed by atoms with E-state index in [2.05, 4.69) is 27.6 Å². The van der Waals surface area contributed by atoms with Crippen LogP contribution in [0.2, 0.25) is 0 Å². The molecule has 0 aromatic carbocycles. The summed E-state index contributed by atoms with van der Waals surface area (Å²) in [7, 11) is 1.73. The van der Waals surface area contributed by atoms with Crippen LogP contribution < -0.4 is 5.69 Å². The summed E-state index contributed by atoms with van der Waals surface area (Å²) >= 11 is 3.46. The van der Waals surface area contributed by atoms with Crippen molar-refractivity contribution in [2.45, 2.75) is 32.4 Å². The van der Waals surface area contributed by atoms with Gasteiger partial charge in [-0.2, -0.15) is 0 Å². The van der Waals surface area contributed by atoms with Crippen molar-refractivity contribution in [3.05, 3.63) is 22.3 Å². The average Bonchev–Trinajstić information content (AvgIpc) is 2.71. The lowest BCUT2D eigenvalue weighted by molar-refractivity contribution is -0.0330.